The summed E-state index contributed by atoms with van der Waals surface area (Å²) in [5.41, 5.74) is 3.43. The monoisotopic (exact) mass is 413 g/mol. The minimum absolute atomic E-state index is 0.337. The van der Waals surface area contributed by atoms with Gasteiger partial charge in [-0.2, -0.15) is 4.98 Å². The van der Waals surface area contributed by atoms with Crippen molar-refractivity contribution in [3.8, 4) is 22.5 Å². The molecule has 0 atom stereocenters. The Kier molecular flexibility index (Phi) is 4.63. The van der Waals surface area contributed by atoms with Gasteiger partial charge in [0.2, 0.25) is 10.5 Å². The van der Waals surface area contributed by atoms with Crippen LogP contribution in [-0.2, 0) is 0 Å². The third-order valence-corrected chi connectivity index (χ3v) is 5.52. The summed E-state index contributed by atoms with van der Waals surface area (Å²) in [5, 5.41) is 2.84. The van der Waals surface area contributed by atoms with Crippen LogP contribution in [0.3, 0.4) is 0 Å². The van der Waals surface area contributed by atoms with Crippen LogP contribution in [0, 0.1) is 4.77 Å². The summed E-state index contributed by atoms with van der Waals surface area (Å²) in [6.07, 6.45) is 1.83. The van der Waals surface area contributed by atoms with Crippen molar-refractivity contribution in [2.75, 3.05) is 0 Å². The number of H-pyrrole nitrogens is 1. The predicted molar refractivity (Wildman–Crippen MR) is 122 cm³/mol. The number of thiophene rings is 1. The van der Waals surface area contributed by atoms with Crippen molar-refractivity contribution in [1.29, 1.82) is 0 Å². The first-order valence-corrected chi connectivity index (χ1v) is 10.3. The highest BCUT2D eigenvalue weighted by atomic mass is 32.1. The van der Waals surface area contributed by atoms with Crippen molar-refractivity contribution in [3.63, 3.8) is 0 Å². The maximum absolute atomic E-state index is 6.23. The molecule has 29 heavy (non-hydrogen) atoms. The smallest absolute Gasteiger partial charge is 0.233 e. The van der Waals surface area contributed by atoms with Crippen LogP contribution >= 0.6 is 23.6 Å². The molecule has 0 saturated carbocycles. The molecule has 1 N–H and O–H groups in total. The zero-order valence-electron chi connectivity index (χ0n) is 15.2. The third-order valence-electron chi connectivity index (χ3n) is 4.52. The molecule has 0 unspecified atom stereocenters. The molecule has 5 rings (SSSR count). The number of hydrogen-bond acceptors (Lipinski definition) is 5. The first kappa shape index (κ1) is 17.7. The van der Waals surface area contributed by atoms with E-state index in [-0.39, 0.29) is 0 Å². The zero-order valence-corrected chi connectivity index (χ0v) is 16.8. The predicted octanol–water partition coefficient (Wildman–Crippen LogP) is 7.03. The van der Waals surface area contributed by atoms with E-state index in [2.05, 4.69) is 22.1 Å². The second kappa shape index (κ2) is 7.58. The summed E-state index contributed by atoms with van der Waals surface area (Å²) in [4.78, 5) is 13.3. The van der Waals surface area contributed by atoms with Gasteiger partial charge in [-0.25, -0.2) is 4.99 Å². The Balaban J connectivity index is 1.83. The Morgan fingerprint density at radius 3 is 2.34 bits per heavy atom. The quantitative estimate of drug-likeness (QED) is 0.254. The number of aromatic amines is 1. The van der Waals surface area contributed by atoms with Crippen molar-refractivity contribution in [1.82, 2.24) is 9.97 Å². The molecule has 0 aliphatic heterocycles. The molecule has 0 saturated heterocycles. The van der Waals surface area contributed by atoms with Crippen LogP contribution in [0.5, 0.6) is 0 Å². The molecule has 5 aromatic rings. The number of benzene rings is 2. The van der Waals surface area contributed by atoms with Gasteiger partial charge in [0, 0.05) is 22.2 Å². The van der Waals surface area contributed by atoms with Crippen LogP contribution in [0.25, 0.3) is 33.6 Å². The highest BCUT2D eigenvalue weighted by molar-refractivity contribution is 7.71. The average molecular weight is 414 g/mol. The van der Waals surface area contributed by atoms with Gasteiger partial charge in [0.25, 0.3) is 0 Å². The fourth-order valence-corrected chi connectivity index (χ4v) is 4.03. The van der Waals surface area contributed by atoms with Crippen LogP contribution < -0.4 is 0 Å². The standard InChI is InChI=1S/C23H15N3OS2/c28-23-25-21(24-14-17-12-7-13-29-17)19-18(15-8-3-1-4-9-15)20(27-22(19)26-23)16-10-5-2-6-11-16/h1-14H,(H,25,26,28)/b24-14-. The van der Waals surface area contributed by atoms with E-state index >= 15 is 0 Å². The van der Waals surface area contributed by atoms with Crippen molar-refractivity contribution in [2.45, 2.75) is 0 Å². The Morgan fingerprint density at radius 1 is 0.931 bits per heavy atom. The Hall–Kier alpha value is -3.35. The summed E-state index contributed by atoms with van der Waals surface area (Å²) in [5.74, 6) is 1.39. The van der Waals surface area contributed by atoms with Crippen molar-refractivity contribution >= 4 is 46.7 Å². The maximum atomic E-state index is 6.23. The minimum Gasteiger partial charge on any atom is -0.437 e. The van der Waals surface area contributed by atoms with Crippen LogP contribution in [0.1, 0.15) is 4.88 Å². The Bertz CT molecular complexity index is 1350. The molecular formula is C23H15N3OS2. The number of nitrogens with one attached hydrogen (secondary N) is 1. The molecule has 6 heteroatoms. The second-order valence-corrected chi connectivity index (χ2v) is 7.75. The van der Waals surface area contributed by atoms with Gasteiger partial charge < -0.3 is 9.40 Å². The molecule has 0 radical (unpaired) electrons. The number of hydrogen-bond donors (Lipinski definition) is 1. The van der Waals surface area contributed by atoms with E-state index in [4.69, 9.17) is 21.6 Å². The number of fused-ring (bicyclic) bond motifs is 1. The van der Waals surface area contributed by atoms with Gasteiger partial charge in [0.15, 0.2) is 0 Å². The molecule has 0 spiro atoms. The minimum atomic E-state index is 0.337. The SMILES string of the molecule is S=c1nc2oc(-c3ccccc3)c(-c3ccccc3)c2c(/N=C\c2cccs2)[nH]1. The third kappa shape index (κ3) is 3.44. The zero-order chi connectivity index (χ0) is 19.6. The molecule has 0 aliphatic carbocycles. The topological polar surface area (TPSA) is 54.2 Å². The Morgan fingerprint density at radius 2 is 1.66 bits per heavy atom. The second-order valence-electron chi connectivity index (χ2n) is 6.38. The van der Waals surface area contributed by atoms with Crippen molar-refractivity contribution < 1.29 is 4.42 Å². The molecule has 2 aromatic carbocycles. The van der Waals surface area contributed by atoms with E-state index in [0.717, 1.165) is 32.7 Å². The fourth-order valence-electron chi connectivity index (χ4n) is 3.26. The molecule has 0 aliphatic rings. The van der Waals surface area contributed by atoms with E-state index in [1.165, 1.54) is 0 Å². The van der Waals surface area contributed by atoms with Gasteiger partial charge in [-0.1, -0.05) is 66.7 Å². The van der Waals surface area contributed by atoms with Crippen LogP contribution in [0.4, 0.5) is 5.82 Å². The highest BCUT2D eigenvalue weighted by Crippen LogP contribution is 2.43. The molecule has 0 amide bonds. The summed E-state index contributed by atoms with van der Waals surface area (Å²) in [6.45, 7) is 0. The normalized spacial score (nSPS) is 11.4. The lowest BCUT2D eigenvalue weighted by molar-refractivity contribution is 0.617. The van der Waals surface area contributed by atoms with Crippen LogP contribution in [0.2, 0.25) is 0 Å². The first-order valence-electron chi connectivity index (χ1n) is 9.05. The highest BCUT2D eigenvalue weighted by Gasteiger charge is 2.21. The number of nitrogens with zero attached hydrogens (tertiary/aromatic N) is 2. The van der Waals surface area contributed by atoms with Crippen molar-refractivity contribution in [3.05, 3.63) is 87.8 Å². The number of aromatic nitrogens is 2. The van der Waals surface area contributed by atoms with Gasteiger partial charge in [-0.15, -0.1) is 11.3 Å². The van der Waals surface area contributed by atoms with Gasteiger partial charge >= 0.3 is 0 Å². The lowest BCUT2D eigenvalue weighted by atomic mass is 9.99. The number of furan rings is 1. The summed E-state index contributed by atoms with van der Waals surface area (Å²) < 4.78 is 6.57. The largest absolute Gasteiger partial charge is 0.437 e. The van der Waals surface area contributed by atoms with E-state index in [0.29, 0.717) is 16.3 Å². The molecule has 140 valence electrons. The lowest BCUT2D eigenvalue weighted by Crippen LogP contribution is -1.86. The van der Waals surface area contributed by atoms with Crippen LogP contribution in [-0.4, -0.2) is 16.2 Å². The fraction of sp³-hybridized carbons (Fsp3) is 0. The van der Waals surface area contributed by atoms with Gasteiger partial charge in [0.1, 0.15) is 11.6 Å². The van der Waals surface area contributed by atoms with E-state index in [1.54, 1.807) is 11.3 Å². The van der Waals surface area contributed by atoms with Gasteiger partial charge in [-0.3, -0.25) is 0 Å². The summed E-state index contributed by atoms with van der Waals surface area (Å²) in [7, 11) is 0. The molecule has 3 aromatic heterocycles. The molecule has 3 heterocycles. The molecule has 0 bridgehead atoms. The molecule has 0 fully saturated rings. The number of aliphatic imine (C=N–C) groups is 1. The average Bonchev–Trinajstić information content (AvgIpc) is 3.41. The van der Waals surface area contributed by atoms with E-state index in [1.807, 2.05) is 72.3 Å². The van der Waals surface area contributed by atoms with Gasteiger partial charge in [0.05, 0.1) is 5.39 Å². The summed E-state index contributed by atoms with van der Waals surface area (Å²) >= 11 is 6.96. The van der Waals surface area contributed by atoms with E-state index in [9.17, 15) is 0 Å². The summed E-state index contributed by atoms with van der Waals surface area (Å²) in [6, 6.07) is 24.2. The number of rotatable bonds is 4. The maximum Gasteiger partial charge on any atom is 0.233 e. The van der Waals surface area contributed by atoms with E-state index < -0.39 is 0 Å². The van der Waals surface area contributed by atoms with Gasteiger partial charge in [-0.05, 0) is 29.2 Å². The molecule has 4 nitrogen and oxygen atoms in total. The molecular weight excluding hydrogens is 398 g/mol. The Labute approximate surface area is 176 Å². The first-order chi connectivity index (χ1) is 14.3. The van der Waals surface area contributed by atoms with Crippen LogP contribution in [0.15, 0.2) is 87.6 Å². The van der Waals surface area contributed by atoms with Crippen molar-refractivity contribution in [2.24, 2.45) is 4.99 Å². The lowest BCUT2D eigenvalue weighted by Gasteiger charge is -2.05.